The predicted molar refractivity (Wildman–Crippen MR) is 81.0 cm³/mol. The van der Waals surface area contributed by atoms with E-state index in [-0.39, 0.29) is 0 Å². The van der Waals surface area contributed by atoms with Crippen LogP contribution in [-0.2, 0) is 0 Å². The van der Waals surface area contributed by atoms with Gasteiger partial charge in [-0.1, -0.05) is 57.0 Å². The standard InChI is InChI=1S/C16H25ClO2/c1-3-4-5-6-7-8-9-15(18)14-12-13(17)10-11-16(14)19-2/h10-12,15,18H,3-9H2,1-2H3. The zero-order valence-corrected chi connectivity index (χ0v) is 12.7. The van der Waals surface area contributed by atoms with Gasteiger partial charge in [-0.3, -0.25) is 0 Å². The number of unbranched alkanes of at least 4 members (excludes halogenated alkanes) is 5. The first kappa shape index (κ1) is 16.3. The van der Waals surface area contributed by atoms with Gasteiger partial charge in [0, 0.05) is 10.6 Å². The number of methoxy groups -OCH3 is 1. The normalized spacial score (nSPS) is 12.4. The Morgan fingerprint density at radius 3 is 2.53 bits per heavy atom. The number of benzene rings is 1. The summed E-state index contributed by atoms with van der Waals surface area (Å²) in [5, 5.41) is 10.9. The molecule has 0 amide bonds. The van der Waals surface area contributed by atoms with E-state index < -0.39 is 6.10 Å². The first-order valence-electron chi connectivity index (χ1n) is 7.20. The van der Waals surface area contributed by atoms with Crippen LogP contribution in [0.1, 0.15) is 63.5 Å². The van der Waals surface area contributed by atoms with Crippen LogP contribution in [0.2, 0.25) is 5.02 Å². The van der Waals surface area contributed by atoms with Crippen molar-refractivity contribution < 1.29 is 9.84 Å². The highest BCUT2D eigenvalue weighted by Crippen LogP contribution is 2.31. The summed E-state index contributed by atoms with van der Waals surface area (Å²) < 4.78 is 5.26. The van der Waals surface area contributed by atoms with Gasteiger partial charge in [0.05, 0.1) is 13.2 Å². The Morgan fingerprint density at radius 2 is 1.84 bits per heavy atom. The minimum absolute atomic E-state index is 0.486. The van der Waals surface area contributed by atoms with Gasteiger partial charge in [0.15, 0.2) is 0 Å². The van der Waals surface area contributed by atoms with E-state index in [0.29, 0.717) is 10.8 Å². The van der Waals surface area contributed by atoms with Crippen molar-refractivity contribution in [3.05, 3.63) is 28.8 Å². The maximum atomic E-state index is 10.2. The number of hydrogen-bond donors (Lipinski definition) is 1. The lowest BCUT2D eigenvalue weighted by atomic mass is 10.0. The lowest BCUT2D eigenvalue weighted by molar-refractivity contribution is 0.159. The van der Waals surface area contributed by atoms with E-state index in [9.17, 15) is 5.11 Å². The van der Waals surface area contributed by atoms with Gasteiger partial charge in [0.2, 0.25) is 0 Å². The molecule has 2 nitrogen and oxygen atoms in total. The lowest BCUT2D eigenvalue weighted by Crippen LogP contribution is -2.01. The molecule has 0 aliphatic heterocycles. The maximum Gasteiger partial charge on any atom is 0.124 e. The summed E-state index contributed by atoms with van der Waals surface area (Å²) in [5.74, 6) is 0.711. The van der Waals surface area contributed by atoms with Crippen LogP contribution in [0.4, 0.5) is 0 Å². The average Bonchev–Trinajstić information content (AvgIpc) is 2.42. The van der Waals surface area contributed by atoms with Crippen LogP contribution in [0.3, 0.4) is 0 Å². The first-order chi connectivity index (χ1) is 9.19. The summed E-state index contributed by atoms with van der Waals surface area (Å²) in [6.07, 6.45) is 7.64. The van der Waals surface area contributed by atoms with Gasteiger partial charge in [0.25, 0.3) is 0 Å². The van der Waals surface area contributed by atoms with E-state index >= 15 is 0 Å². The molecular weight excluding hydrogens is 260 g/mol. The van der Waals surface area contributed by atoms with E-state index in [0.717, 1.165) is 18.4 Å². The third-order valence-electron chi connectivity index (χ3n) is 3.38. The Balaban J connectivity index is 2.40. The van der Waals surface area contributed by atoms with Gasteiger partial charge in [-0.2, -0.15) is 0 Å². The second-order valence-corrected chi connectivity index (χ2v) is 5.39. The van der Waals surface area contributed by atoms with Crippen molar-refractivity contribution >= 4 is 11.6 Å². The first-order valence-corrected chi connectivity index (χ1v) is 7.58. The summed E-state index contributed by atoms with van der Waals surface area (Å²) in [5.41, 5.74) is 0.795. The molecule has 3 heteroatoms. The molecule has 1 aromatic rings. The van der Waals surface area contributed by atoms with Gasteiger partial charge in [-0.25, -0.2) is 0 Å². The summed E-state index contributed by atoms with van der Waals surface area (Å²) in [4.78, 5) is 0. The number of hydrogen-bond acceptors (Lipinski definition) is 2. The van der Waals surface area contributed by atoms with Gasteiger partial charge in [-0.15, -0.1) is 0 Å². The van der Waals surface area contributed by atoms with E-state index in [1.807, 2.05) is 6.07 Å². The Hall–Kier alpha value is -0.730. The molecule has 0 saturated heterocycles. The van der Waals surface area contributed by atoms with Crippen LogP contribution in [0.25, 0.3) is 0 Å². The van der Waals surface area contributed by atoms with Crippen molar-refractivity contribution in [1.82, 2.24) is 0 Å². The smallest absolute Gasteiger partial charge is 0.124 e. The quantitative estimate of drug-likeness (QED) is 0.637. The molecule has 0 aromatic heterocycles. The SMILES string of the molecule is CCCCCCCCC(O)c1cc(Cl)ccc1OC. The fourth-order valence-electron chi connectivity index (χ4n) is 2.24. The number of aliphatic hydroxyl groups excluding tert-OH is 1. The molecule has 0 aliphatic rings. The summed E-state index contributed by atoms with van der Waals surface area (Å²) in [6.45, 7) is 2.22. The zero-order valence-electron chi connectivity index (χ0n) is 12.0. The largest absolute Gasteiger partial charge is 0.496 e. The van der Waals surface area contributed by atoms with Crippen LogP contribution in [-0.4, -0.2) is 12.2 Å². The molecule has 0 aliphatic carbocycles. The maximum absolute atomic E-state index is 10.2. The predicted octanol–water partition coefficient (Wildman–Crippen LogP) is 5.13. The highest BCUT2D eigenvalue weighted by molar-refractivity contribution is 6.30. The molecule has 108 valence electrons. The van der Waals surface area contributed by atoms with E-state index in [4.69, 9.17) is 16.3 Å². The van der Waals surface area contributed by atoms with Gasteiger partial charge in [0.1, 0.15) is 5.75 Å². The molecule has 0 fully saturated rings. The Kier molecular flexibility index (Phi) is 7.92. The van der Waals surface area contributed by atoms with Gasteiger partial charge < -0.3 is 9.84 Å². The van der Waals surface area contributed by atoms with Crippen molar-refractivity contribution in [2.24, 2.45) is 0 Å². The minimum atomic E-state index is -0.486. The Morgan fingerprint density at radius 1 is 1.16 bits per heavy atom. The van der Waals surface area contributed by atoms with Crippen LogP contribution >= 0.6 is 11.6 Å². The number of halogens is 1. The van der Waals surface area contributed by atoms with Gasteiger partial charge in [-0.05, 0) is 24.6 Å². The summed E-state index contributed by atoms with van der Waals surface area (Å²) >= 11 is 5.97. The molecule has 0 saturated carbocycles. The van der Waals surface area contributed by atoms with Crippen LogP contribution in [0.15, 0.2) is 18.2 Å². The number of rotatable bonds is 9. The highest BCUT2D eigenvalue weighted by Gasteiger charge is 2.13. The molecular formula is C16H25ClO2. The molecule has 19 heavy (non-hydrogen) atoms. The number of ether oxygens (including phenoxy) is 1. The molecule has 1 unspecified atom stereocenters. The average molecular weight is 285 g/mol. The fourth-order valence-corrected chi connectivity index (χ4v) is 2.42. The molecule has 1 aromatic carbocycles. The van der Waals surface area contributed by atoms with Crippen LogP contribution < -0.4 is 4.74 Å². The summed E-state index contributed by atoms with van der Waals surface area (Å²) in [7, 11) is 1.62. The number of aliphatic hydroxyl groups is 1. The molecule has 0 radical (unpaired) electrons. The topological polar surface area (TPSA) is 29.5 Å². The Labute approximate surface area is 121 Å². The van der Waals surface area contributed by atoms with Crippen molar-refractivity contribution in [3.8, 4) is 5.75 Å². The van der Waals surface area contributed by atoms with E-state index in [1.54, 1.807) is 19.2 Å². The lowest BCUT2D eigenvalue weighted by Gasteiger charge is -2.15. The molecule has 0 spiro atoms. The zero-order chi connectivity index (χ0) is 14.1. The van der Waals surface area contributed by atoms with E-state index in [2.05, 4.69) is 6.92 Å². The van der Waals surface area contributed by atoms with Crippen molar-refractivity contribution in [2.75, 3.05) is 7.11 Å². The van der Waals surface area contributed by atoms with Crippen LogP contribution in [0.5, 0.6) is 5.75 Å². The molecule has 1 rings (SSSR count). The second kappa shape index (κ2) is 9.22. The van der Waals surface area contributed by atoms with Crippen molar-refractivity contribution in [1.29, 1.82) is 0 Å². The van der Waals surface area contributed by atoms with E-state index in [1.165, 1.54) is 32.1 Å². The molecule has 1 N–H and O–H groups in total. The van der Waals surface area contributed by atoms with Crippen molar-refractivity contribution in [3.63, 3.8) is 0 Å². The van der Waals surface area contributed by atoms with Gasteiger partial charge >= 0.3 is 0 Å². The monoisotopic (exact) mass is 284 g/mol. The van der Waals surface area contributed by atoms with Crippen molar-refractivity contribution in [2.45, 2.75) is 58.0 Å². The Bertz CT molecular complexity index is 366. The third-order valence-corrected chi connectivity index (χ3v) is 3.62. The van der Waals surface area contributed by atoms with Crippen LogP contribution in [0, 0.1) is 0 Å². The second-order valence-electron chi connectivity index (χ2n) is 4.96. The minimum Gasteiger partial charge on any atom is -0.496 e. The third kappa shape index (κ3) is 5.84. The summed E-state index contributed by atoms with van der Waals surface area (Å²) in [6, 6.07) is 5.38. The fraction of sp³-hybridized carbons (Fsp3) is 0.625. The highest BCUT2D eigenvalue weighted by atomic mass is 35.5. The molecule has 1 atom stereocenters. The molecule has 0 bridgehead atoms. The molecule has 0 heterocycles.